The third kappa shape index (κ3) is 4.81. The second-order valence-corrected chi connectivity index (χ2v) is 3.35. The fourth-order valence-corrected chi connectivity index (χ4v) is 1.16. The highest BCUT2D eigenvalue weighted by Gasteiger charge is 1.98. The predicted octanol–water partition coefficient (Wildman–Crippen LogP) is 1.45. The number of rotatable bonds is 6. The van der Waals surface area contributed by atoms with Gasteiger partial charge in [-0.3, -0.25) is 0 Å². The third-order valence-corrected chi connectivity index (χ3v) is 1.96. The Bertz CT molecular complexity index is 267. The summed E-state index contributed by atoms with van der Waals surface area (Å²) in [5.41, 5.74) is 1.21. The molecule has 0 aliphatic heterocycles. The van der Waals surface area contributed by atoms with Gasteiger partial charge in [-0.2, -0.15) is 0 Å². The molecule has 1 aromatic carbocycles. The van der Waals surface area contributed by atoms with Gasteiger partial charge in [-0.15, -0.1) is 0 Å². The minimum absolute atomic E-state index is 0.220. The van der Waals surface area contributed by atoms with Crippen molar-refractivity contribution in [1.29, 1.82) is 0 Å². The van der Waals surface area contributed by atoms with Crippen molar-refractivity contribution in [2.24, 2.45) is 0 Å². The van der Waals surface area contributed by atoms with Crippen molar-refractivity contribution in [2.75, 3.05) is 20.3 Å². The number of methoxy groups -OCH3 is 1. The fraction of sp³-hybridized carbons (Fsp3) is 0.417. The molecule has 0 aliphatic carbocycles. The Morgan fingerprint density at radius 1 is 1.33 bits per heavy atom. The van der Waals surface area contributed by atoms with Crippen LogP contribution in [0.5, 0.6) is 5.75 Å². The lowest BCUT2D eigenvalue weighted by Crippen LogP contribution is -2.13. The molecule has 1 radical (unpaired) electrons. The number of benzene rings is 1. The van der Waals surface area contributed by atoms with E-state index in [4.69, 9.17) is 14.6 Å². The lowest BCUT2D eigenvalue weighted by Gasteiger charge is -2.08. The van der Waals surface area contributed by atoms with E-state index < -0.39 is 6.10 Å². The highest BCUT2D eigenvalue weighted by atomic mass is 16.5. The number of ether oxygens (including phenoxy) is 2. The summed E-state index contributed by atoms with van der Waals surface area (Å²) in [4.78, 5) is 0. The van der Waals surface area contributed by atoms with Crippen molar-refractivity contribution >= 4 is 0 Å². The average Bonchev–Trinajstić information content (AvgIpc) is 2.25. The molecular weight excluding hydrogens is 192 g/mol. The second-order valence-electron chi connectivity index (χ2n) is 3.35. The minimum atomic E-state index is -0.682. The normalized spacial score (nSPS) is 12.5. The van der Waals surface area contributed by atoms with Crippen molar-refractivity contribution in [3.63, 3.8) is 0 Å². The molecule has 0 saturated heterocycles. The Morgan fingerprint density at radius 2 is 2.00 bits per heavy atom. The van der Waals surface area contributed by atoms with Crippen LogP contribution in [0.3, 0.4) is 0 Å². The van der Waals surface area contributed by atoms with Crippen molar-refractivity contribution in [1.82, 2.24) is 0 Å². The molecule has 0 fully saturated rings. The van der Waals surface area contributed by atoms with Gasteiger partial charge in [0.15, 0.2) is 0 Å². The monoisotopic (exact) mass is 209 g/mol. The molecule has 0 amide bonds. The Labute approximate surface area is 90.6 Å². The number of hydrogen-bond acceptors (Lipinski definition) is 3. The standard InChI is InChI=1S/C12H17O3/c1-10(13)9-15-12-5-3-11(4-6-12)7-8-14-2/h3-6,10,13H,1,7-9H2,2H3. The van der Waals surface area contributed by atoms with E-state index in [0.717, 1.165) is 18.8 Å². The van der Waals surface area contributed by atoms with Gasteiger partial charge in [0, 0.05) is 7.11 Å². The van der Waals surface area contributed by atoms with Gasteiger partial charge in [0.25, 0.3) is 0 Å². The van der Waals surface area contributed by atoms with E-state index in [1.54, 1.807) is 7.11 Å². The fourth-order valence-electron chi connectivity index (χ4n) is 1.16. The zero-order chi connectivity index (χ0) is 11.1. The molecule has 0 saturated carbocycles. The van der Waals surface area contributed by atoms with Crippen molar-refractivity contribution in [2.45, 2.75) is 12.5 Å². The van der Waals surface area contributed by atoms with Crippen LogP contribution in [-0.2, 0) is 11.2 Å². The van der Waals surface area contributed by atoms with Gasteiger partial charge in [0.1, 0.15) is 12.4 Å². The molecule has 1 atom stereocenters. The van der Waals surface area contributed by atoms with Gasteiger partial charge in [0.05, 0.1) is 12.7 Å². The highest BCUT2D eigenvalue weighted by Crippen LogP contribution is 2.12. The first-order valence-electron chi connectivity index (χ1n) is 4.94. The van der Waals surface area contributed by atoms with Crippen molar-refractivity contribution < 1.29 is 14.6 Å². The maximum atomic E-state index is 8.93. The van der Waals surface area contributed by atoms with Gasteiger partial charge in [-0.25, -0.2) is 0 Å². The van der Waals surface area contributed by atoms with E-state index in [0.29, 0.717) is 0 Å². The van der Waals surface area contributed by atoms with E-state index in [1.807, 2.05) is 24.3 Å². The first-order chi connectivity index (χ1) is 7.22. The lowest BCUT2D eigenvalue weighted by atomic mass is 10.1. The summed E-state index contributed by atoms with van der Waals surface area (Å²) in [5.74, 6) is 0.749. The van der Waals surface area contributed by atoms with Crippen LogP contribution in [0.2, 0.25) is 0 Å². The van der Waals surface area contributed by atoms with Crippen LogP contribution in [0.4, 0.5) is 0 Å². The predicted molar refractivity (Wildman–Crippen MR) is 58.9 cm³/mol. The van der Waals surface area contributed by atoms with Gasteiger partial charge in [-0.05, 0) is 31.0 Å². The quantitative estimate of drug-likeness (QED) is 0.770. The molecule has 15 heavy (non-hydrogen) atoms. The number of aliphatic hydroxyl groups excluding tert-OH is 1. The molecule has 0 aliphatic rings. The van der Waals surface area contributed by atoms with Gasteiger partial charge in [-0.1, -0.05) is 12.1 Å². The first kappa shape index (κ1) is 12.0. The molecule has 3 heteroatoms. The summed E-state index contributed by atoms with van der Waals surface area (Å²) in [5, 5.41) is 8.93. The molecule has 0 bridgehead atoms. The number of hydrogen-bond donors (Lipinski definition) is 1. The average molecular weight is 209 g/mol. The Hall–Kier alpha value is -1.06. The lowest BCUT2D eigenvalue weighted by molar-refractivity contribution is 0.142. The van der Waals surface area contributed by atoms with Crippen LogP contribution in [0, 0.1) is 6.92 Å². The molecular formula is C12H17O3. The van der Waals surface area contributed by atoms with E-state index >= 15 is 0 Å². The van der Waals surface area contributed by atoms with Gasteiger partial charge >= 0.3 is 0 Å². The molecule has 1 unspecified atom stereocenters. The maximum Gasteiger partial charge on any atom is 0.119 e. The van der Waals surface area contributed by atoms with Crippen molar-refractivity contribution in [3.05, 3.63) is 36.8 Å². The maximum absolute atomic E-state index is 8.93. The first-order valence-corrected chi connectivity index (χ1v) is 4.94. The van der Waals surface area contributed by atoms with Gasteiger partial charge in [0.2, 0.25) is 0 Å². The van der Waals surface area contributed by atoms with E-state index in [1.165, 1.54) is 5.56 Å². The summed E-state index contributed by atoms with van der Waals surface area (Å²) in [6, 6.07) is 7.74. The topological polar surface area (TPSA) is 38.7 Å². The van der Waals surface area contributed by atoms with Gasteiger partial charge < -0.3 is 14.6 Å². The van der Waals surface area contributed by atoms with Crippen LogP contribution in [-0.4, -0.2) is 31.5 Å². The summed E-state index contributed by atoms with van der Waals surface area (Å²) in [6.45, 7) is 4.37. The molecule has 3 nitrogen and oxygen atoms in total. The molecule has 0 spiro atoms. The van der Waals surface area contributed by atoms with E-state index in [2.05, 4.69) is 6.92 Å². The van der Waals surface area contributed by atoms with Crippen LogP contribution >= 0.6 is 0 Å². The number of aliphatic hydroxyl groups is 1. The Balaban J connectivity index is 2.41. The second kappa shape index (κ2) is 6.43. The zero-order valence-corrected chi connectivity index (χ0v) is 8.98. The molecule has 1 aromatic rings. The summed E-state index contributed by atoms with van der Waals surface area (Å²) in [6.07, 6.45) is 0.215. The highest BCUT2D eigenvalue weighted by molar-refractivity contribution is 5.27. The van der Waals surface area contributed by atoms with E-state index in [-0.39, 0.29) is 6.61 Å². The summed E-state index contributed by atoms with van der Waals surface area (Å²) in [7, 11) is 1.69. The molecule has 0 heterocycles. The SMILES string of the molecule is [CH2]C(O)COc1ccc(CCOC)cc1. The minimum Gasteiger partial charge on any atom is -0.491 e. The Morgan fingerprint density at radius 3 is 2.53 bits per heavy atom. The molecule has 0 aromatic heterocycles. The Kier molecular flexibility index (Phi) is 5.15. The molecule has 1 N–H and O–H groups in total. The van der Waals surface area contributed by atoms with Crippen LogP contribution in [0.25, 0.3) is 0 Å². The zero-order valence-electron chi connectivity index (χ0n) is 8.98. The summed E-state index contributed by atoms with van der Waals surface area (Å²) < 4.78 is 10.3. The molecule has 83 valence electrons. The largest absolute Gasteiger partial charge is 0.491 e. The molecule has 1 rings (SSSR count). The third-order valence-electron chi connectivity index (χ3n) is 1.96. The van der Waals surface area contributed by atoms with E-state index in [9.17, 15) is 0 Å². The smallest absolute Gasteiger partial charge is 0.119 e. The van der Waals surface area contributed by atoms with Crippen LogP contribution in [0.15, 0.2) is 24.3 Å². The van der Waals surface area contributed by atoms with Crippen LogP contribution in [0.1, 0.15) is 5.56 Å². The van der Waals surface area contributed by atoms with Crippen molar-refractivity contribution in [3.8, 4) is 5.75 Å². The summed E-state index contributed by atoms with van der Waals surface area (Å²) >= 11 is 0. The van der Waals surface area contributed by atoms with Crippen LogP contribution < -0.4 is 4.74 Å².